The molecule has 0 aliphatic rings. The van der Waals surface area contributed by atoms with Gasteiger partial charge in [0.25, 0.3) is 11.6 Å². The molecule has 0 radical (unpaired) electrons. The number of carbonyl (C=O) groups excluding carboxylic acids is 1. The summed E-state index contributed by atoms with van der Waals surface area (Å²) in [4.78, 5) is 37.2. The molecule has 2 aromatic heterocycles. The van der Waals surface area contributed by atoms with E-state index in [1.807, 2.05) is 43.3 Å². The average Bonchev–Trinajstić information content (AvgIpc) is 3.44. The summed E-state index contributed by atoms with van der Waals surface area (Å²) in [6.07, 6.45) is 1.61. The standard InChI is InChI=1S/C21H18N6O3S/c1-26(2)15-7-3-13(4-8-15)17-18(20(28)25-21-22-11-12-31-21)24-19(23-17)14-5-9-16(10-6-14)27(29)30/h3-12H,1-2H3,(H,23,24)(H,22,25,28). The molecule has 2 aromatic carbocycles. The van der Waals surface area contributed by atoms with Crippen molar-refractivity contribution in [3.63, 3.8) is 0 Å². The molecule has 156 valence electrons. The Morgan fingerprint density at radius 3 is 2.35 bits per heavy atom. The average molecular weight is 434 g/mol. The van der Waals surface area contributed by atoms with Gasteiger partial charge in [0.15, 0.2) is 10.8 Å². The van der Waals surface area contributed by atoms with E-state index in [-0.39, 0.29) is 11.4 Å². The number of rotatable bonds is 6. The Labute approximate surface area is 181 Å². The van der Waals surface area contributed by atoms with Crippen molar-refractivity contribution in [1.82, 2.24) is 15.0 Å². The fourth-order valence-corrected chi connectivity index (χ4v) is 3.52. The SMILES string of the molecule is CN(C)c1ccc(-c2[nH]c(-c3ccc([N+](=O)[O-])cc3)nc2C(=O)Nc2nccs2)cc1. The number of nitro groups is 1. The van der Waals surface area contributed by atoms with Crippen LogP contribution in [0.1, 0.15) is 10.5 Å². The van der Waals surface area contributed by atoms with E-state index in [0.717, 1.165) is 11.3 Å². The molecular formula is C21H18N6O3S. The quantitative estimate of drug-likeness (QED) is 0.343. The second kappa shape index (κ2) is 8.36. The number of anilines is 2. The zero-order valence-corrected chi connectivity index (χ0v) is 17.5. The van der Waals surface area contributed by atoms with Crippen molar-refractivity contribution in [3.8, 4) is 22.6 Å². The molecule has 0 atom stereocenters. The molecule has 0 aliphatic carbocycles. The van der Waals surface area contributed by atoms with Gasteiger partial charge in [0.05, 0.1) is 10.6 Å². The Hall–Kier alpha value is -4.05. The highest BCUT2D eigenvalue weighted by Crippen LogP contribution is 2.29. The van der Waals surface area contributed by atoms with Crippen LogP contribution < -0.4 is 10.2 Å². The van der Waals surface area contributed by atoms with E-state index < -0.39 is 10.8 Å². The smallest absolute Gasteiger partial charge is 0.278 e. The van der Waals surface area contributed by atoms with Crippen molar-refractivity contribution in [1.29, 1.82) is 0 Å². The third-order valence-electron chi connectivity index (χ3n) is 4.60. The maximum atomic E-state index is 12.9. The van der Waals surface area contributed by atoms with Gasteiger partial charge < -0.3 is 9.88 Å². The van der Waals surface area contributed by atoms with Crippen molar-refractivity contribution in [3.05, 3.63) is 75.9 Å². The Bertz CT molecular complexity index is 1220. The summed E-state index contributed by atoms with van der Waals surface area (Å²) in [7, 11) is 3.90. The molecule has 0 aliphatic heterocycles. The van der Waals surface area contributed by atoms with Crippen LogP contribution in [-0.2, 0) is 0 Å². The molecule has 0 fully saturated rings. The number of hydrogen-bond acceptors (Lipinski definition) is 7. The Morgan fingerprint density at radius 1 is 1.10 bits per heavy atom. The van der Waals surface area contributed by atoms with Crippen molar-refractivity contribution >= 4 is 33.8 Å². The number of non-ortho nitro benzene ring substituents is 1. The van der Waals surface area contributed by atoms with Crippen LogP contribution in [0.5, 0.6) is 0 Å². The van der Waals surface area contributed by atoms with Gasteiger partial charge in [0.2, 0.25) is 0 Å². The molecule has 2 N–H and O–H groups in total. The number of hydrogen-bond donors (Lipinski definition) is 2. The molecule has 9 nitrogen and oxygen atoms in total. The van der Waals surface area contributed by atoms with Gasteiger partial charge in [-0.1, -0.05) is 12.1 Å². The van der Waals surface area contributed by atoms with Crippen molar-refractivity contribution < 1.29 is 9.72 Å². The fourth-order valence-electron chi connectivity index (χ4n) is 2.99. The molecule has 0 bridgehead atoms. The topological polar surface area (TPSA) is 117 Å². The molecule has 0 spiro atoms. The third kappa shape index (κ3) is 4.28. The molecule has 2 heterocycles. The summed E-state index contributed by atoms with van der Waals surface area (Å²) < 4.78 is 0. The minimum absolute atomic E-state index is 0.0171. The number of carbonyl (C=O) groups is 1. The van der Waals surface area contributed by atoms with E-state index in [1.54, 1.807) is 23.7 Å². The molecule has 31 heavy (non-hydrogen) atoms. The van der Waals surface area contributed by atoms with Gasteiger partial charge in [0, 0.05) is 54.6 Å². The lowest BCUT2D eigenvalue weighted by atomic mass is 10.1. The molecule has 4 aromatic rings. The van der Waals surface area contributed by atoms with Crippen LogP contribution >= 0.6 is 11.3 Å². The van der Waals surface area contributed by atoms with Gasteiger partial charge in [-0.2, -0.15) is 0 Å². The highest BCUT2D eigenvalue weighted by atomic mass is 32.1. The van der Waals surface area contributed by atoms with Crippen LogP contribution in [0.3, 0.4) is 0 Å². The van der Waals surface area contributed by atoms with Gasteiger partial charge >= 0.3 is 0 Å². The van der Waals surface area contributed by atoms with Crippen molar-refractivity contribution in [2.75, 3.05) is 24.3 Å². The summed E-state index contributed by atoms with van der Waals surface area (Å²) in [6, 6.07) is 13.7. The normalized spacial score (nSPS) is 10.6. The number of nitrogens with one attached hydrogen (secondary N) is 2. The minimum Gasteiger partial charge on any atom is -0.378 e. The fraction of sp³-hybridized carbons (Fsp3) is 0.0952. The summed E-state index contributed by atoms with van der Waals surface area (Å²) >= 11 is 1.31. The summed E-state index contributed by atoms with van der Waals surface area (Å²) in [5, 5.41) is 15.9. The molecule has 1 amide bonds. The number of H-pyrrole nitrogens is 1. The molecule has 0 saturated carbocycles. The van der Waals surface area contributed by atoms with Gasteiger partial charge in [-0.05, 0) is 24.3 Å². The maximum absolute atomic E-state index is 12.9. The molecule has 0 saturated heterocycles. The zero-order valence-electron chi connectivity index (χ0n) is 16.7. The first-order valence-electron chi connectivity index (χ1n) is 9.26. The van der Waals surface area contributed by atoms with Gasteiger partial charge in [0.1, 0.15) is 5.82 Å². The lowest BCUT2D eigenvalue weighted by Gasteiger charge is -2.12. The minimum atomic E-state index is -0.462. The monoisotopic (exact) mass is 434 g/mol. The van der Waals surface area contributed by atoms with Crippen LogP contribution in [0, 0.1) is 10.1 Å². The lowest BCUT2D eigenvalue weighted by Crippen LogP contribution is -2.13. The Balaban J connectivity index is 1.75. The summed E-state index contributed by atoms with van der Waals surface area (Å²) in [5.41, 5.74) is 3.18. The van der Waals surface area contributed by atoms with Crippen molar-refractivity contribution in [2.24, 2.45) is 0 Å². The largest absolute Gasteiger partial charge is 0.378 e. The molecule has 0 unspecified atom stereocenters. The van der Waals surface area contributed by atoms with Crippen LogP contribution in [0.15, 0.2) is 60.1 Å². The number of thiazole rings is 1. The van der Waals surface area contributed by atoms with Crippen LogP contribution in [0.25, 0.3) is 22.6 Å². The Kier molecular flexibility index (Phi) is 5.46. The number of aromatic amines is 1. The highest BCUT2D eigenvalue weighted by Gasteiger charge is 2.21. The second-order valence-corrected chi connectivity index (χ2v) is 7.74. The van der Waals surface area contributed by atoms with E-state index in [2.05, 4.69) is 20.3 Å². The summed E-state index contributed by atoms with van der Waals surface area (Å²) in [5.74, 6) is 0.0388. The van der Waals surface area contributed by atoms with E-state index in [4.69, 9.17) is 0 Å². The van der Waals surface area contributed by atoms with Gasteiger partial charge in [-0.15, -0.1) is 11.3 Å². The summed E-state index contributed by atoms with van der Waals surface area (Å²) in [6.45, 7) is 0. The molecular weight excluding hydrogens is 416 g/mol. The predicted molar refractivity (Wildman–Crippen MR) is 121 cm³/mol. The molecule has 10 heteroatoms. The second-order valence-electron chi connectivity index (χ2n) is 6.85. The molecule has 4 rings (SSSR count). The maximum Gasteiger partial charge on any atom is 0.278 e. The van der Waals surface area contributed by atoms with Gasteiger partial charge in [-0.3, -0.25) is 20.2 Å². The van der Waals surface area contributed by atoms with Crippen molar-refractivity contribution in [2.45, 2.75) is 0 Å². The van der Waals surface area contributed by atoms with E-state index >= 15 is 0 Å². The first kappa shape index (κ1) is 20.2. The third-order valence-corrected chi connectivity index (χ3v) is 5.28. The number of benzene rings is 2. The van der Waals surface area contributed by atoms with Crippen LogP contribution in [0.4, 0.5) is 16.5 Å². The highest BCUT2D eigenvalue weighted by molar-refractivity contribution is 7.13. The van der Waals surface area contributed by atoms with E-state index in [1.165, 1.54) is 23.5 Å². The number of nitro benzene ring substituents is 1. The number of nitrogens with zero attached hydrogens (tertiary/aromatic N) is 4. The van der Waals surface area contributed by atoms with Crippen LogP contribution in [-0.4, -0.2) is 39.9 Å². The van der Waals surface area contributed by atoms with Gasteiger partial charge in [-0.25, -0.2) is 9.97 Å². The zero-order chi connectivity index (χ0) is 22.0. The van der Waals surface area contributed by atoms with E-state index in [0.29, 0.717) is 22.2 Å². The predicted octanol–water partition coefficient (Wildman–Crippen LogP) is 4.43. The lowest BCUT2D eigenvalue weighted by molar-refractivity contribution is -0.384. The van der Waals surface area contributed by atoms with Crippen LogP contribution in [0.2, 0.25) is 0 Å². The Morgan fingerprint density at radius 2 is 1.77 bits per heavy atom. The number of aromatic nitrogens is 3. The van der Waals surface area contributed by atoms with E-state index in [9.17, 15) is 14.9 Å². The number of amides is 1. The number of imidazole rings is 1. The first-order valence-corrected chi connectivity index (χ1v) is 10.1. The first-order chi connectivity index (χ1) is 14.9.